The van der Waals surface area contributed by atoms with Crippen molar-refractivity contribution in [3.8, 4) is 5.69 Å². The van der Waals surface area contributed by atoms with E-state index in [-0.39, 0.29) is 0 Å². The van der Waals surface area contributed by atoms with E-state index in [0.29, 0.717) is 6.67 Å². The molecule has 2 heterocycles. The van der Waals surface area contributed by atoms with Gasteiger partial charge in [0.1, 0.15) is 0 Å². The molecular formula is C24H31N5S. The van der Waals surface area contributed by atoms with Gasteiger partial charge in [-0.1, -0.05) is 55.0 Å². The summed E-state index contributed by atoms with van der Waals surface area (Å²) in [6.07, 6.45) is 2.54. The maximum atomic E-state index is 5.91. The highest BCUT2D eigenvalue weighted by molar-refractivity contribution is 7.71. The molecule has 0 aliphatic carbocycles. The predicted molar refractivity (Wildman–Crippen MR) is 124 cm³/mol. The van der Waals surface area contributed by atoms with E-state index in [4.69, 9.17) is 17.3 Å². The number of hydrogen-bond donors (Lipinski definition) is 0. The van der Waals surface area contributed by atoms with Gasteiger partial charge < -0.3 is 0 Å². The molecule has 0 amide bonds. The van der Waals surface area contributed by atoms with Crippen LogP contribution in [-0.2, 0) is 19.8 Å². The van der Waals surface area contributed by atoms with Gasteiger partial charge in [0.2, 0.25) is 4.77 Å². The van der Waals surface area contributed by atoms with Crippen LogP contribution in [0.4, 0.5) is 0 Å². The molecule has 1 aliphatic rings. The average Bonchev–Trinajstić information content (AvgIpc) is 3.36. The second kappa shape index (κ2) is 9.69. The summed E-state index contributed by atoms with van der Waals surface area (Å²) in [5, 5.41) is 4.99. The fourth-order valence-electron chi connectivity index (χ4n) is 4.14. The van der Waals surface area contributed by atoms with Gasteiger partial charge in [-0.05, 0) is 69.3 Å². The lowest BCUT2D eigenvalue weighted by molar-refractivity contribution is 0.206. The summed E-state index contributed by atoms with van der Waals surface area (Å²) >= 11 is 5.91. The number of para-hydroxylation sites is 1. The van der Waals surface area contributed by atoms with Crippen molar-refractivity contribution in [2.75, 3.05) is 19.6 Å². The minimum Gasteiger partial charge on any atom is -0.296 e. The fraction of sp³-hybridized carbons (Fsp3) is 0.417. The van der Waals surface area contributed by atoms with Crippen LogP contribution in [-0.4, -0.2) is 43.8 Å². The first kappa shape index (κ1) is 21.0. The lowest BCUT2D eigenvalue weighted by Crippen LogP contribution is -2.27. The van der Waals surface area contributed by atoms with E-state index in [1.165, 1.54) is 24.0 Å². The lowest BCUT2D eigenvalue weighted by atomic mass is 10.1. The number of rotatable bonds is 8. The smallest absolute Gasteiger partial charge is 0.203 e. The molecule has 0 saturated carbocycles. The van der Waals surface area contributed by atoms with Crippen LogP contribution in [0.15, 0.2) is 54.6 Å². The monoisotopic (exact) mass is 421 g/mol. The Bertz CT molecular complexity index is 1020. The molecule has 0 atom stereocenters. The zero-order valence-corrected chi connectivity index (χ0v) is 18.8. The summed E-state index contributed by atoms with van der Waals surface area (Å²) < 4.78 is 4.90. The van der Waals surface area contributed by atoms with E-state index in [1.807, 2.05) is 10.7 Å². The number of hydrogen-bond acceptors (Lipinski definition) is 4. The van der Waals surface area contributed by atoms with Crippen LogP contribution in [0, 0.1) is 11.7 Å². The summed E-state index contributed by atoms with van der Waals surface area (Å²) in [5.74, 6) is 1.03. The Morgan fingerprint density at radius 1 is 1.03 bits per heavy atom. The lowest BCUT2D eigenvalue weighted by Gasteiger charge is -2.20. The second-order valence-corrected chi connectivity index (χ2v) is 8.49. The Balaban J connectivity index is 1.62. The van der Waals surface area contributed by atoms with Crippen molar-refractivity contribution in [3.05, 3.63) is 76.3 Å². The number of benzene rings is 2. The van der Waals surface area contributed by atoms with Gasteiger partial charge in [0, 0.05) is 12.2 Å². The van der Waals surface area contributed by atoms with Crippen molar-refractivity contribution in [2.45, 2.75) is 46.4 Å². The first-order valence-corrected chi connectivity index (χ1v) is 11.3. The molecule has 0 radical (unpaired) electrons. The Labute approximate surface area is 184 Å². The summed E-state index contributed by atoms with van der Waals surface area (Å²) in [7, 11) is 0. The van der Waals surface area contributed by atoms with Crippen molar-refractivity contribution < 1.29 is 0 Å². The van der Waals surface area contributed by atoms with Gasteiger partial charge in [0.15, 0.2) is 5.82 Å². The van der Waals surface area contributed by atoms with Gasteiger partial charge in [-0.25, -0.2) is 4.68 Å². The van der Waals surface area contributed by atoms with Crippen molar-refractivity contribution in [1.82, 2.24) is 24.1 Å². The summed E-state index contributed by atoms with van der Waals surface area (Å²) in [6.45, 7) is 9.98. The van der Waals surface area contributed by atoms with Crippen LogP contribution < -0.4 is 0 Å². The largest absolute Gasteiger partial charge is 0.296 e. The minimum atomic E-state index is 0.691. The normalized spacial score (nSPS) is 14.6. The number of aromatic nitrogens is 3. The van der Waals surface area contributed by atoms with Crippen LogP contribution in [0.25, 0.3) is 5.69 Å². The summed E-state index contributed by atoms with van der Waals surface area (Å²) in [4.78, 5) is 4.86. The van der Waals surface area contributed by atoms with Gasteiger partial charge in [-0.2, -0.15) is 5.10 Å². The Morgan fingerprint density at radius 2 is 1.80 bits per heavy atom. The summed E-state index contributed by atoms with van der Waals surface area (Å²) in [5.41, 5.74) is 3.70. The van der Waals surface area contributed by atoms with Gasteiger partial charge in [-0.15, -0.1) is 0 Å². The Kier molecular flexibility index (Phi) is 6.77. The molecule has 4 rings (SSSR count). The Morgan fingerprint density at radius 3 is 2.50 bits per heavy atom. The van der Waals surface area contributed by atoms with Crippen LogP contribution in [0.1, 0.15) is 36.7 Å². The van der Waals surface area contributed by atoms with Gasteiger partial charge in [-0.3, -0.25) is 14.4 Å². The van der Waals surface area contributed by atoms with E-state index in [2.05, 4.69) is 76.7 Å². The zero-order chi connectivity index (χ0) is 20.9. The molecule has 1 fully saturated rings. The van der Waals surface area contributed by atoms with Crippen molar-refractivity contribution in [1.29, 1.82) is 0 Å². The maximum absolute atomic E-state index is 5.91. The quantitative estimate of drug-likeness (QED) is 0.489. The molecule has 0 N–H and O–H groups in total. The van der Waals surface area contributed by atoms with Crippen LogP contribution in [0.5, 0.6) is 0 Å². The van der Waals surface area contributed by atoms with Crippen LogP contribution >= 0.6 is 12.2 Å². The highest BCUT2D eigenvalue weighted by Gasteiger charge is 2.19. The van der Waals surface area contributed by atoms with Gasteiger partial charge >= 0.3 is 0 Å². The molecule has 158 valence electrons. The molecule has 30 heavy (non-hydrogen) atoms. The van der Waals surface area contributed by atoms with E-state index in [9.17, 15) is 0 Å². The molecular weight excluding hydrogens is 390 g/mol. The molecule has 1 aromatic heterocycles. The molecule has 2 aromatic carbocycles. The molecule has 6 heteroatoms. The second-order valence-electron chi connectivity index (χ2n) is 8.13. The minimum absolute atomic E-state index is 0.691. The van der Waals surface area contributed by atoms with E-state index < -0.39 is 0 Å². The van der Waals surface area contributed by atoms with Gasteiger partial charge in [0.25, 0.3) is 0 Å². The van der Waals surface area contributed by atoms with Crippen molar-refractivity contribution >= 4 is 12.2 Å². The summed E-state index contributed by atoms with van der Waals surface area (Å²) in [6, 6.07) is 19.1. The predicted octanol–water partition coefficient (Wildman–Crippen LogP) is 4.79. The van der Waals surface area contributed by atoms with E-state index in [0.717, 1.165) is 49.0 Å². The average molecular weight is 422 g/mol. The van der Waals surface area contributed by atoms with E-state index >= 15 is 0 Å². The molecule has 3 aromatic rings. The number of nitrogens with zero attached hydrogens (tertiary/aromatic N) is 5. The molecule has 0 unspecified atom stereocenters. The highest BCUT2D eigenvalue weighted by atomic mass is 32.1. The standard InChI is InChI=1S/C24H31N5S/c1-3-26(17-21-11-9-10-20(2)16-21)19-28-24(30)29(22-12-5-4-6-13-22)23(25-28)18-27-14-7-8-15-27/h4-6,9-13,16H,3,7-8,14-15,17-19H2,1-2H3. The third-order valence-corrected chi connectivity index (χ3v) is 6.15. The van der Waals surface area contributed by atoms with Gasteiger partial charge in [0.05, 0.1) is 13.2 Å². The van der Waals surface area contributed by atoms with Crippen LogP contribution in [0.3, 0.4) is 0 Å². The third-order valence-electron chi connectivity index (χ3n) is 5.75. The zero-order valence-electron chi connectivity index (χ0n) is 18.0. The van der Waals surface area contributed by atoms with Crippen molar-refractivity contribution in [2.24, 2.45) is 0 Å². The topological polar surface area (TPSA) is 29.2 Å². The van der Waals surface area contributed by atoms with Crippen LogP contribution in [0.2, 0.25) is 0 Å². The van der Waals surface area contributed by atoms with E-state index in [1.54, 1.807) is 0 Å². The molecule has 0 bridgehead atoms. The third kappa shape index (κ3) is 4.89. The van der Waals surface area contributed by atoms with Crippen molar-refractivity contribution in [3.63, 3.8) is 0 Å². The molecule has 1 aliphatic heterocycles. The fourth-order valence-corrected chi connectivity index (χ4v) is 4.45. The molecule has 1 saturated heterocycles. The molecule has 5 nitrogen and oxygen atoms in total. The number of aryl methyl sites for hydroxylation is 1. The molecule has 0 spiro atoms. The highest BCUT2D eigenvalue weighted by Crippen LogP contribution is 2.18. The first-order valence-electron chi connectivity index (χ1n) is 10.9. The first-order chi connectivity index (χ1) is 14.6. The SMILES string of the molecule is CCN(Cc1cccc(C)c1)Cn1nc(CN2CCCC2)n(-c2ccccc2)c1=S. The number of likely N-dealkylation sites (tertiary alicyclic amines) is 1. The Hall–Kier alpha value is -2.28. The maximum Gasteiger partial charge on any atom is 0.203 e.